The smallest absolute Gasteiger partial charge is 0.0577 e. The van der Waals surface area contributed by atoms with Crippen molar-refractivity contribution >= 4 is 0 Å². The topological polar surface area (TPSA) is 35.2 Å². The van der Waals surface area contributed by atoms with Crippen LogP contribution >= 0.6 is 0 Å². The molecule has 0 aromatic carbocycles. The summed E-state index contributed by atoms with van der Waals surface area (Å²) in [6, 6.07) is 0. The van der Waals surface area contributed by atoms with Gasteiger partial charge in [-0.2, -0.15) is 0 Å². The fourth-order valence-corrected chi connectivity index (χ4v) is 3.37. The number of allylic oxidation sites excluding steroid dienone is 1. The first-order valence-electron chi connectivity index (χ1n) is 6.27. The molecule has 2 aliphatic carbocycles. The van der Waals surface area contributed by atoms with Crippen LogP contribution in [0.1, 0.15) is 38.5 Å². The Kier molecular flexibility index (Phi) is 3.81. The minimum Gasteiger partial charge on any atom is -0.381 e. The predicted octanol–water partition coefficient (Wildman–Crippen LogP) is 2.49. The van der Waals surface area contributed by atoms with Crippen LogP contribution in [0.3, 0.4) is 0 Å². The molecule has 3 unspecified atom stereocenters. The van der Waals surface area contributed by atoms with Crippen molar-refractivity contribution in [3.8, 4) is 0 Å². The molecular weight excluding hydrogens is 186 g/mol. The molecule has 2 fully saturated rings. The molecule has 2 rings (SSSR count). The number of hydrogen-bond acceptors (Lipinski definition) is 2. The van der Waals surface area contributed by atoms with E-state index in [1.54, 1.807) is 5.57 Å². The Morgan fingerprint density at radius 1 is 1.40 bits per heavy atom. The summed E-state index contributed by atoms with van der Waals surface area (Å²) >= 11 is 0. The molecule has 0 amide bonds. The Morgan fingerprint density at radius 3 is 3.00 bits per heavy atom. The summed E-state index contributed by atoms with van der Waals surface area (Å²) in [5, 5.41) is 0. The molecule has 0 aromatic heterocycles. The Bertz CT molecular complexity index is 237. The maximum Gasteiger partial charge on any atom is 0.0577 e. The van der Waals surface area contributed by atoms with Crippen LogP contribution in [0, 0.1) is 11.8 Å². The summed E-state index contributed by atoms with van der Waals surface area (Å²) < 4.78 is 5.51. The number of hydrogen-bond donors (Lipinski definition) is 1. The average Bonchev–Trinajstić information content (AvgIpc) is 2.29. The van der Waals surface area contributed by atoms with E-state index in [0.29, 0.717) is 12.6 Å². The van der Waals surface area contributed by atoms with Crippen LogP contribution in [0.5, 0.6) is 0 Å². The SMILES string of the molecule is COC1CCC2CCCC(=CCN)C2C1. The lowest BCUT2D eigenvalue weighted by atomic mass is 9.67. The van der Waals surface area contributed by atoms with Gasteiger partial charge in [-0.05, 0) is 50.4 Å². The number of nitrogens with two attached hydrogens (primary N) is 1. The normalized spacial score (nSPS) is 39.1. The summed E-state index contributed by atoms with van der Waals surface area (Å²) in [6.45, 7) is 0.705. The van der Waals surface area contributed by atoms with Gasteiger partial charge in [0.15, 0.2) is 0 Å². The van der Waals surface area contributed by atoms with Crippen molar-refractivity contribution in [1.82, 2.24) is 0 Å². The molecular formula is C13H23NO. The molecule has 2 saturated carbocycles. The van der Waals surface area contributed by atoms with E-state index in [2.05, 4.69) is 6.08 Å². The van der Waals surface area contributed by atoms with Crippen LogP contribution in [-0.2, 0) is 4.74 Å². The molecule has 3 atom stereocenters. The number of fused-ring (bicyclic) bond motifs is 1. The van der Waals surface area contributed by atoms with Crippen LogP contribution in [0.25, 0.3) is 0 Å². The van der Waals surface area contributed by atoms with Gasteiger partial charge < -0.3 is 10.5 Å². The third-order valence-electron chi connectivity index (χ3n) is 4.18. The van der Waals surface area contributed by atoms with E-state index in [1.807, 2.05) is 7.11 Å². The Balaban J connectivity index is 2.06. The molecule has 0 bridgehead atoms. The maximum atomic E-state index is 5.64. The molecule has 0 radical (unpaired) electrons. The first-order chi connectivity index (χ1) is 7.35. The van der Waals surface area contributed by atoms with Gasteiger partial charge in [-0.1, -0.05) is 11.6 Å². The van der Waals surface area contributed by atoms with Crippen molar-refractivity contribution in [3.63, 3.8) is 0 Å². The second-order valence-corrected chi connectivity index (χ2v) is 4.94. The zero-order chi connectivity index (χ0) is 10.7. The van der Waals surface area contributed by atoms with E-state index in [9.17, 15) is 0 Å². The zero-order valence-electron chi connectivity index (χ0n) is 9.74. The van der Waals surface area contributed by atoms with Gasteiger partial charge in [-0.15, -0.1) is 0 Å². The van der Waals surface area contributed by atoms with Crippen molar-refractivity contribution in [2.45, 2.75) is 44.6 Å². The van der Waals surface area contributed by atoms with Gasteiger partial charge in [-0.3, -0.25) is 0 Å². The monoisotopic (exact) mass is 209 g/mol. The highest BCUT2D eigenvalue weighted by atomic mass is 16.5. The fourth-order valence-electron chi connectivity index (χ4n) is 3.37. The lowest BCUT2D eigenvalue weighted by Crippen LogP contribution is -2.32. The third-order valence-corrected chi connectivity index (χ3v) is 4.18. The van der Waals surface area contributed by atoms with Crippen molar-refractivity contribution in [2.75, 3.05) is 13.7 Å². The predicted molar refractivity (Wildman–Crippen MR) is 62.6 cm³/mol. The average molecular weight is 209 g/mol. The first kappa shape index (κ1) is 11.2. The minimum atomic E-state index is 0.491. The first-order valence-corrected chi connectivity index (χ1v) is 6.27. The summed E-state index contributed by atoms with van der Waals surface area (Å²) in [4.78, 5) is 0. The molecule has 15 heavy (non-hydrogen) atoms. The van der Waals surface area contributed by atoms with Gasteiger partial charge in [0, 0.05) is 13.7 Å². The molecule has 0 aromatic rings. The van der Waals surface area contributed by atoms with Crippen molar-refractivity contribution in [3.05, 3.63) is 11.6 Å². The van der Waals surface area contributed by atoms with E-state index >= 15 is 0 Å². The fraction of sp³-hybridized carbons (Fsp3) is 0.846. The van der Waals surface area contributed by atoms with Crippen molar-refractivity contribution in [1.29, 1.82) is 0 Å². The van der Waals surface area contributed by atoms with E-state index < -0.39 is 0 Å². The molecule has 0 aliphatic heterocycles. The second-order valence-electron chi connectivity index (χ2n) is 4.94. The number of rotatable bonds is 2. The lowest BCUT2D eigenvalue weighted by molar-refractivity contribution is 0.0299. The van der Waals surface area contributed by atoms with E-state index in [1.165, 1.54) is 38.5 Å². The van der Waals surface area contributed by atoms with E-state index in [0.717, 1.165) is 11.8 Å². The number of ether oxygens (including phenoxy) is 1. The highest BCUT2D eigenvalue weighted by molar-refractivity contribution is 5.13. The lowest BCUT2D eigenvalue weighted by Gasteiger charge is -2.40. The van der Waals surface area contributed by atoms with E-state index in [-0.39, 0.29) is 0 Å². The van der Waals surface area contributed by atoms with Crippen molar-refractivity contribution in [2.24, 2.45) is 17.6 Å². The maximum absolute atomic E-state index is 5.64. The van der Waals surface area contributed by atoms with Gasteiger partial charge in [0.2, 0.25) is 0 Å². The molecule has 0 saturated heterocycles. The Morgan fingerprint density at radius 2 is 2.27 bits per heavy atom. The van der Waals surface area contributed by atoms with Gasteiger partial charge in [0.05, 0.1) is 6.10 Å². The molecule has 0 spiro atoms. The van der Waals surface area contributed by atoms with Crippen LogP contribution in [0.15, 0.2) is 11.6 Å². The quantitative estimate of drug-likeness (QED) is 0.709. The van der Waals surface area contributed by atoms with Crippen LogP contribution < -0.4 is 5.73 Å². The highest BCUT2D eigenvalue weighted by Gasteiger charge is 2.34. The summed E-state index contributed by atoms with van der Waals surface area (Å²) in [7, 11) is 1.85. The second kappa shape index (κ2) is 5.13. The molecule has 0 heterocycles. The minimum absolute atomic E-state index is 0.491. The largest absolute Gasteiger partial charge is 0.381 e. The molecule has 2 aliphatic rings. The zero-order valence-corrected chi connectivity index (χ0v) is 9.74. The van der Waals surface area contributed by atoms with E-state index in [4.69, 9.17) is 10.5 Å². The standard InChI is InChI=1S/C13H23NO/c1-15-12-6-5-10-3-2-4-11(7-8-14)13(10)9-12/h7,10,12-13H,2-6,8-9,14H2,1H3. The molecule has 2 heteroatoms. The summed E-state index contributed by atoms with van der Waals surface area (Å²) in [6.07, 6.45) is 10.6. The Hall–Kier alpha value is -0.340. The third kappa shape index (κ3) is 2.43. The summed E-state index contributed by atoms with van der Waals surface area (Å²) in [5.74, 6) is 1.70. The highest BCUT2D eigenvalue weighted by Crippen LogP contribution is 2.43. The molecule has 2 nitrogen and oxygen atoms in total. The molecule has 2 N–H and O–H groups in total. The molecule has 86 valence electrons. The van der Waals surface area contributed by atoms with Gasteiger partial charge in [0.1, 0.15) is 0 Å². The van der Waals surface area contributed by atoms with Crippen LogP contribution in [-0.4, -0.2) is 19.8 Å². The summed E-state index contributed by atoms with van der Waals surface area (Å²) in [5.41, 5.74) is 7.26. The Labute approximate surface area is 92.9 Å². The van der Waals surface area contributed by atoms with Gasteiger partial charge >= 0.3 is 0 Å². The van der Waals surface area contributed by atoms with Gasteiger partial charge in [-0.25, -0.2) is 0 Å². The van der Waals surface area contributed by atoms with Crippen LogP contribution in [0.2, 0.25) is 0 Å². The van der Waals surface area contributed by atoms with Crippen molar-refractivity contribution < 1.29 is 4.74 Å². The van der Waals surface area contributed by atoms with Crippen LogP contribution in [0.4, 0.5) is 0 Å². The number of methoxy groups -OCH3 is 1. The van der Waals surface area contributed by atoms with Gasteiger partial charge in [0.25, 0.3) is 0 Å².